The van der Waals surface area contributed by atoms with Crippen LogP contribution in [0.5, 0.6) is 0 Å². The van der Waals surface area contributed by atoms with E-state index in [0.29, 0.717) is 11.1 Å². The summed E-state index contributed by atoms with van der Waals surface area (Å²) in [6.45, 7) is 0.0970. The molecule has 0 radical (unpaired) electrons. The highest BCUT2D eigenvalue weighted by Gasteiger charge is 2.09. The largest absolute Gasteiger partial charge is 0.465 e. The van der Waals surface area contributed by atoms with E-state index < -0.39 is 11.9 Å². The Hall–Kier alpha value is -2.14. The highest BCUT2D eigenvalue weighted by molar-refractivity contribution is 9.10. The number of carbonyl (C=O) groups excluding carboxylic acids is 2. The molecule has 0 unspecified atom stereocenters. The van der Waals surface area contributed by atoms with Crippen molar-refractivity contribution in [3.8, 4) is 0 Å². The standard InChI is InChI=1S/C16H13BrO4/c1-20-15(18)13-4-2-3-11(9-13)10-21-16(19)12-5-7-14(17)8-6-12/h2-9H,10H2,1H3. The number of benzene rings is 2. The molecule has 0 heterocycles. The van der Waals surface area contributed by atoms with Gasteiger partial charge in [0.05, 0.1) is 18.2 Å². The number of halogens is 1. The summed E-state index contributed by atoms with van der Waals surface area (Å²) in [5.74, 6) is -0.831. The molecule has 0 aliphatic rings. The molecule has 0 spiro atoms. The lowest BCUT2D eigenvalue weighted by molar-refractivity contribution is 0.0472. The van der Waals surface area contributed by atoms with E-state index in [0.717, 1.165) is 10.0 Å². The first kappa shape index (κ1) is 15.3. The molecule has 0 aliphatic heterocycles. The third kappa shape index (κ3) is 4.16. The molecule has 0 fully saturated rings. The lowest BCUT2D eigenvalue weighted by Crippen LogP contribution is -2.06. The Kier molecular flexibility index (Phi) is 5.11. The molecule has 0 atom stereocenters. The number of hydrogen-bond acceptors (Lipinski definition) is 4. The topological polar surface area (TPSA) is 52.6 Å². The summed E-state index contributed by atoms with van der Waals surface area (Å²) >= 11 is 3.30. The molecule has 2 aromatic rings. The van der Waals surface area contributed by atoms with Crippen LogP contribution in [0, 0.1) is 0 Å². The minimum absolute atomic E-state index is 0.0970. The van der Waals surface area contributed by atoms with Crippen molar-refractivity contribution in [1.82, 2.24) is 0 Å². The molecule has 0 saturated carbocycles. The van der Waals surface area contributed by atoms with Gasteiger partial charge in [0.1, 0.15) is 6.61 Å². The Morgan fingerprint density at radius 1 is 1.00 bits per heavy atom. The molecule has 108 valence electrons. The summed E-state index contributed by atoms with van der Waals surface area (Å²) in [6, 6.07) is 13.7. The molecule has 4 nitrogen and oxygen atoms in total. The van der Waals surface area contributed by atoms with E-state index in [-0.39, 0.29) is 6.61 Å². The molecule has 0 saturated heterocycles. The molecule has 0 N–H and O–H groups in total. The Morgan fingerprint density at radius 3 is 2.38 bits per heavy atom. The quantitative estimate of drug-likeness (QED) is 0.792. The number of ether oxygens (including phenoxy) is 2. The van der Waals surface area contributed by atoms with Gasteiger partial charge in [0.15, 0.2) is 0 Å². The first-order valence-corrected chi connectivity index (χ1v) is 6.99. The average molecular weight is 349 g/mol. The normalized spacial score (nSPS) is 10.0. The Labute approximate surface area is 130 Å². The van der Waals surface area contributed by atoms with Gasteiger partial charge in [0.25, 0.3) is 0 Å². The second kappa shape index (κ2) is 7.04. The van der Waals surface area contributed by atoms with Gasteiger partial charge < -0.3 is 9.47 Å². The van der Waals surface area contributed by atoms with Crippen molar-refractivity contribution in [3.05, 3.63) is 69.7 Å². The fraction of sp³-hybridized carbons (Fsp3) is 0.125. The minimum Gasteiger partial charge on any atom is -0.465 e. The fourth-order valence-electron chi connectivity index (χ4n) is 1.72. The highest BCUT2D eigenvalue weighted by Crippen LogP contribution is 2.13. The molecule has 5 heteroatoms. The molecule has 0 amide bonds. The highest BCUT2D eigenvalue weighted by atomic mass is 79.9. The SMILES string of the molecule is COC(=O)c1cccc(COC(=O)c2ccc(Br)cc2)c1. The zero-order valence-electron chi connectivity index (χ0n) is 11.3. The van der Waals surface area contributed by atoms with Gasteiger partial charge in [0, 0.05) is 4.47 Å². The third-order valence-corrected chi connectivity index (χ3v) is 3.33. The molecule has 0 aromatic heterocycles. The molecule has 2 aromatic carbocycles. The summed E-state index contributed by atoms with van der Waals surface area (Å²) in [4.78, 5) is 23.3. The average Bonchev–Trinajstić information content (AvgIpc) is 2.52. The van der Waals surface area contributed by atoms with E-state index in [1.54, 1.807) is 48.5 Å². The van der Waals surface area contributed by atoms with E-state index >= 15 is 0 Å². The van der Waals surface area contributed by atoms with Crippen molar-refractivity contribution in [1.29, 1.82) is 0 Å². The van der Waals surface area contributed by atoms with Crippen molar-refractivity contribution in [2.45, 2.75) is 6.61 Å². The molecule has 0 aliphatic carbocycles. The van der Waals surface area contributed by atoms with Crippen LogP contribution in [-0.2, 0) is 16.1 Å². The lowest BCUT2D eigenvalue weighted by atomic mass is 10.1. The second-order valence-electron chi connectivity index (χ2n) is 4.27. The first-order chi connectivity index (χ1) is 10.1. The van der Waals surface area contributed by atoms with Crippen LogP contribution in [0.4, 0.5) is 0 Å². The van der Waals surface area contributed by atoms with Crippen molar-refractivity contribution in [2.24, 2.45) is 0 Å². The molecular weight excluding hydrogens is 336 g/mol. The van der Waals surface area contributed by atoms with Gasteiger partial charge in [-0.1, -0.05) is 28.1 Å². The maximum absolute atomic E-state index is 11.9. The van der Waals surface area contributed by atoms with E-state index in [9.17, 15) is 9.59 Å². The van der Waals surface area contributed by atoms with E-state index in [1.807, 2.05) is 0 Å². The molecular formula is C16H13BrO4. The van der Waals surface area contributed by atoms with Gasteiger partial charge in [-0.3, -0.25) is 0 Å². The van der Waals surface area contributed by atoms with Crippen LogP contribution >= 0.6 is 15.9 Å². The maximum Gasteiger partial charge on any atom is 0.338 e. The summed E-state index contributed by atoms with van der Waals surface area (Å²) < 4.78 is 10.8. The van der Waals surface area contributed by atoms with Gasteiger partial charge in [-0.25, -0.2) is 9.59 Å². The van der Waals surface area contributed by atoms with E-state index in [4.69, 9.17) is 4.74 Å². The van der Waals surface area contributed by atoms with Gasteiger partial charge in [0.2, 0.25) is 0 Å². The number of rotatable bonds is 4. The summed E-state index contributed by atoms with van der Waals surface area (Å²) in [6.07, 6.45) is 0. The monoisotopic (exact) mass is 348 g/mol. The Morgan fingerprint density at radius 2 is 1.71 bits per heavy atom. The number of methoxy groups -OCH3 is 1. The maximum atomic E-state index is 11.9. The van der Waals surface area contributed by atoms with Crippen molar-refractivity contribution in [3.63, 3.8) is 0 Å². The van der Waals surface area contributed by atoms with E-state index in [1.165, 1.54) is 7.11 Å². The van der Waals surface area contributed by atoms with Crippen LogP contribution in [0.1, 0.15) is 26.3 Å². The van der Waals surface area contributed by atoms with E-state index in [2.05, 4.69) is 20.7 Å². The van der Waals surface area contributed by atoms with Gasteiger partial charge in [-0.2, -0.15) is 0 Å². The molecule has 0 bridgehead atoms. The zero-order valence-corrected chi connectivity index (χ0v) is 12.9. The predicted molar refractivity (Wildman–Crippen MR) is 81.0 cm³/mol. The molecule has 2 rings (SSSR count). The Balaban J connectivity index is 2.01. The first-order valence-electron chi connectivity index (χ1n) is 6.20. The van der Waals surface area contributed by atoms with Crippen LogP contribution in [-0.4, -0.2) is 19.0 Å². The number of carbonyl (C=O) groups is 2. The molecule has 21 heavy (non-hydrogen) atoms. The number of hydrogen-bond donors (Lipinski definition) is 0. The summed E-state index contributed by atoms with van der Waals surface area (Å²) in [5.41, 5.74) is 1.63. The smallest absolute Gasteiger partial charge is 0.338 e. The van der Waals surface area contributed by atoms with Crippen molar-refractivity contribution >= 4 is 27.9 Å². The van der Waals surface area contributed by atoms with Crippen LogP contribution in [0.25, 0.3) is 0 Å². The van der Waals surface area contributed by atoms with Gasteiger partial charge in [-0.05, 0) is 42.0 Å². The van der Waals surface area contributed by atoms with Gasteiger partial charge >= 0.3 is 11.9 Å². The van der Waals surface area contributed by atoms with Crippen LogP contribution < -0.4 is 0 Å². The summed E-state index contributed by atoms with van der Waals surface area (Å²) in [5, 5.41) is 0. The fourth-order valence-corrected chi connectivity index (χ4v) is 1.99. The lowest BCUT2D eigenvalue weighted by Gasteiger charge is -2.06. The zero-order chi connectivity index (χ0) is 15.2. The van der Waals surface area contributed by atoms with Crippen LogP contribution in [0.3, 0.4) is 0 Å². The van der Waals surface area contributed by atoms with Crippen LogP contribution in [0.2, 0.25) is 0 Å². The van der Waals surface area contributed by atoms with Crippen molar-refractivity contribution < 1.29 is 19.1 Å². The van der Waals surface area contributed by atoms with Crippen molar-refractivity contribution in [2.75, 3.05) is 7.11 Å². The van der Waals surface area contributed by atoms with Gasteiger partial charge in [-0.15, -0.1) is 0 Å². The minimum atomic E-state index is -0.420. The predicted octanol–water partition coefficient (Wildman–Crippen LogP) is 3.59. The summed E-state index contributed by atoms with van der Waals surface area (Å²) in [7, 11) is 1.32. The second-order valence-corrected chi connectivity index (χ2v) is 5.19. The Bertz CT molecular complexity index is 650. The number of esters is 2. The third-order valence-electron chi connectivity index (χ3n) is 2.80. The van der Waals surface area contributed by atoms with Crippen LogP contribution in [0.15, 0.2) is 53.0 Å².